The Hall–Kier alpha value is -1.20. The second-order valence-corrected chi connectivity index (χ2v) is 5.16. The largest absolute Gasteiger partial charge is 0.360 e. The van der Waals surface area contributed by atoms with Crippen molar-refractivity contribution in [1.82, 2.24) is 14.9 Å². The molecule has 2 heterocycles. The first kappa shape index (κ1) is 13.2. The molecular weight excluding hydrogens is 226 g/mol. The molecule has 1 aliphatic heterocycles. The highest BCUT2D eigenvalue weighted by Crippen LogP contribution is 2.19. The Morgan fingerprint density at radius 2 is 2.39 bits per heavy atom. The van der Waals surface area contributed by atoms with Gasteiger partial charge in [-0.3, -0.25) is 0 Å². The first-order valence-electron chi connectivity index (χ1n) is 6.60. The smallest absolute Gasteiger partial charge is 0.144 e. The molecule has 100 valence electrons. The number of nitrogens with two attached hydrogens (primary N) is 1. The SMILES string of the molecule is CN1CCC(CCN(C)c2ccnc(CN)n2)C1. The maximum Gasteiger partial charge on any atom is 0.144 e. The standard InChI is InChI=1S/C13H23N5/c1-17-7-4-11(10-17)5-8-18(2)13-3-6-15-12(9-14)16-13/h3,6,11H,4-5,7-10,14H2,1-2H3. The Morgan fingerprint density at radius 3 is 3.06 bits per heavy atom. The van der Waals surface area contributed by atoms with Crippen LogP contribution in [0.1, 0.15) is 18.7 Å². The first-order chi connectivity index (χ1) is 8.69. The lowest BCUT2D eigenvalue weighted by Crippen LogP contribution is -2.23. The second-order valence-electron chi connectivity index (χ2n) is 5.16. The molecule has 5 heteroatoms. The number of rotatable bonds is 5. The van der Waals surface area contributed by atoms with Gasteiger partial charge in [0.25, 0.3) is 0 Å². The van der Waals surface area contributed by atoms with Crippen molar-refractivity contribution < 1.29 is 0 Å². The molecule has 0 amide bonds. The third kappa shape index (κ3) is 3.40. The Labute approximate surface area is 109 Å². The van der Waals surface area contributed by atoms with E-state index in [0.29, 0.717) is 12.4 Å². The molecule has 18 heavy (non-hydrogen) atoms. The normalized spacial score (nSPS) is 20.3. The van der Waals surface area contributed by atoms with Crippen LogP contribution in [0, 0.1) is 5.92 Å². The van der Waals surface area contributed by atoms with Gasteiger partial charge < -0.3 is 15.5 Å². The number of likely N-dealkylation sites (tertiary alicyclic amines) is 1. The third-order valence-corrected chi connectivity index (χ3v) is 3.63. The van der Waals surface area contributed by atoms with Crippen molar-refractivity contribution in [3.05, 3.63) is 18.1 Å². The fraction of sp³-hybridized carbons (Fsp3) is 0.692. The molecular formula is C13H23N5. The van der Waals surface area contributed by atoms with Gasteiger partial charge in [0.05, 0.1) is 6.54 Å². The highest BCUT2D eigenvalue weighted by atomic mass is 15.2. The molecule has 1 atom stereocenters. The summed E-state index contributed by atoms with van der Waals surface area (Å²) in [6.07, 6.45) is 4.33. The molecule has 1 aromatic heterocycles. The molecule has 0 aromatic carbocycles. The van der Waals surface area contributed by atoms with E-state index in [9.17, 15) is 0 Å². The quantitative estimate of drug-likeness (QED) is 0.833. The van der Waals surface area contributed by atoms with Crippen LogP contribution in [0.2, 0.25) is 0 Å². The summed E-state index contributed by atoms with van der Waals surface area (Å²) in [6.45, 7) is 3.90. The monoisotopic (exact) mass is 249 g/mol. The van der Waals surface area contributed by atoms with Crippen LogP contribution in [0.5, 0.6) is 0 Å². The summed E-state index contributed by atoms with van der Waals surface area (Å²) in [4.78, 5) is 13.1. The predicted molar refractivity (Wildman–Crippen MR) is 73.4 cm³/mol. The number of aromatic nitrogens is 2. The average Bonchev–Trinajstić information content (AvgIpc) is 2.82. The average molecular weight is 249 g/mol. The molecule has 5 nitrogen and oxygen atoms in total. The molecule has 0 bridgehead atoms. The van der Waals surface area contributed by atoms with Crippen molar-refractivity contribution in [2.45, 2.75) is 19.4 Å². The summed E-state index contributed by atoms with van der Waals surface area (Å²) in [5.74, 6) is 2.50. The van der Waals surface area contributed by atoms with Gasteiger partial charge in [-0.1, -0.05) is 0 Å². The number of hydrogen-bond acceptors (Lipinski definition) is 5. The lowest BCUT2D eigenvalue weighted by molar-refractivity contribution is 0.389. The van der Waals surface area contributed by atoms with Gasteiger partial charge >= 0.3 is 0 Å². The van der Waals surface area contributed by atoms with Crippen LogP contribution in [0.3, 0.4) is 0 Å². The van der Waals surface area contributed by atoms with Crippen LogP contribution < -0.4 is 10.6 Å². The highest BCUT2D eigenvalue weighted by molar-refractivity contribution is 5.35. The molecule has 0 saturated carbocycles. The van der Waals surface area contributed by atoms with Crippen LogP contribution in [0.4, 0.5) is 5.82 Å². The van der Waals surface area contributed by atoms with E-state index in [1.54, 1.807) is 6.20 Å². The number of hydrogen-bond donors (Lipinski definition) is 1. The van der Waals surface area contributed by atoms with Crippen molar-refractivity contribution in [3.63, 3.8) is 0 Å². The van der Waals surface area contributed by atoms with Gasteiger partial charge in [-0.2, -0.15) is 0 Å². The van der Waals surface area contributed by atoms with Gasteiger partial charge in [0.15, 0.2) is 0 Å². The molecule has 0 spiro atoms. The van der Waals surface area contributed by atoms with E-state index in [1.165, 1.54) is 25.9 Å². The van der Waals surface area contributed by atoms with Crippen LogP contribution in [0.25, 0.3) is 0 Å². The highest BCUT2D eigenvalue weighted by Gasteiger charge is 2.19. The van der Waals surface area contributed by atoms with E-state index in [1.807, 2.05) is 6.07 Å². The zero-order chi connectivity index (χ0) is 13.0. The van der Waals surface area contributed by atoms with E-state index in [4.69, 9.17) is 5.73 Å². The molecule has 0 radical (unpaired) electrons. The lowest BCUT2D eigenvalue weighted by Gasteiger charge is -2.20. The number of anilines is 1. The van der Waals surface area contributed by atoms with Crippen LogP contribution in [0.15, 0.2) is 12.3 Å². The Morgan fingerprint density at radius 1 is 1.56 bits per heavy atom. The Bertz CT molecular complexity index is 381. The van der Waals surface area contributed by atoms with Gasteiger partial charge in [-0.15, -0.1) is 0 Å². The molecule has 1 saturated heterocycles. The Balaban J connectivity index is 1.85. The summed E-state index contributed by atoms with van der Waals surface area (Å²) in [5, 5.41) is 0. The van der Waals surface area contributed by atoms with Crippen LogP contribution in [-0.4, -0.2) is 48.6 Å². The van der Waals surface area contributed by atoms with E-state index < -0.39 is 0 Å². The van der Waals surface area contributed by atoms with Crippen molar-refractivity contribution >= 4 is 5.82 Å². The van der Waals surface area contributed by atoms with Crippen molar-refractivity contribution in [1.29, 1.82) is 0 Å². The summed E-state index contributed by atoms with van der Waals surface area (Å²) in [5.41, 5.74) is 5.56. The molecule has 2 rings (SSSR count). The van der Waals surface area contributed by atoms with Crippen molar-refractivity contribution in [3.8, 4) is 0 Å². The zero-order valence-electron chi connectivity index (χ0n) is 11.3. The van der Waals surface area contributed by atoms with Gasteiger partial charge in [-0.05, 0) is 38.4 Å². The van der Waals surface area contributed by atoms with Crippen molar-refractivity contribution in [2.24, 2.45) is 11.7 Å². The van der Waals surface area contributed by atoms with E-state index in [0.717, 1.165) is 18.3 Å². The predicted octanol–water partition coefficient (Wildman–Crippen LogP) is 0.713. The third-order valence-electron chi connectivity index (χ3n) is 3.63. The molecule has 0 aliphatic carbocycles. The van der Waals surface area contributed by atoms with Gasteiger partial charge in [0.1, 0.15) is 11.6 Å². The summed E-state index contributed by atoms with van der Waals surface area (Å²) >= 11 is 0. The maximum absolute atomic E-state index is 5.56. The van der Waals surface area contributed by atoms with Gasteiger partial charge in [-0.25, -0.2) is 9.97 Å². The Kier molecular flexibility index (Phi) is 4.49. The summed E-state index contributed by atoms with van der Waals surface area (Å²) in [7, 11) is 4.28. The van der Waals surface area contributed by atoms with E-state index in [2.05, 4.69) is 33.9 Å². The van der Waals surface area contributed by atoms with Crippen LogP contribution in [-0.2, 0) is 6.54 Å². The minimum Gasteiger partial charge on any atom is -0.360 e. The minimum atomic E-state index is 0.398. The molecule has 1 fully saturated rings. The van der Waals surface area contributed by atoms with Gasteiger partial charge in [0, 0.05) is 26.3 Å². The van der Waals surface area contributed by atoms with E-state index >= 15 is 0 Å². The fourth-order valence-electron chi connectivity index (χ4n) is 2.45. The molecule has 1 unspecified atom stereocenters. The number of nitrogens with zero attached hydrogens (tertiary/aromatic N) is 4. The topological polar surface area (TPSA) is 58.3 Å². The van der Waals surface area contributed by atoms with E-state index in [-0.39, 0.29) is 0 Å². The fourth-order valence-corrected chi connectivity index (χ4v) is 2.45. The molecule has 2 N–H and O–H groups in total. The first-order valence-corrected chi connectivity index (χ1v) is 6.60. The maximum atomic E-state index is 5.56. The second kappa shape index (κ2) is 6.11. The molecule has 1 aliphatic rings. The summed E-state index contributed by atoms with van der Waals surface area (Å²) in [6, 6.07) is 1.94. The molecule has 1 aromatic rings. The van der Waals surface area contributed by atoms with Gasteiger partial charge in [0.2, 0.25) is 0 Å². The van der Waals surface area contributed by atoms with Crippen LogP contribution >= 0.6 is 0 Å². The summed E-state index contributed by atoms with van der Waals surface area (Å²) < 4.78 is 0. The zero-order valence-corrected chi connectivity index (χ0v) is 11.3. The minimum absolute atomic E-state index is 0.398. The van der Waals surface area contributed by atoms with Crippen molar-refractivity contribution in [2.75, 3.05) is 38.6 Å². The lowest BCUT2D eigenvalue weighted by atomic mass is 10.1.